The van der Waals surface area contributed by atoms with E-state index in [-0.39, 0.29) is 70.2 Å². The Labute approximate surface area is 165 Å². The number of hydrogen-bond donors (Lipinski definition) is 1. The first-order valence-corrected chi connectivity index (χ1v) is 9.86. The highest BCUT2D eigenvalue weighted by atomic mass is 35.5. The lowest BCUT2D eigenvalue weighted by Crippen LogP contribution is -2.33. The lowest BCUT2D eigenvalue weighted by molar-refractivity contribution is -0.140. The molecule has 1 saturated carbocycles. The normalized spacial score (nSPS) is 20.1. The van der Waals surface area contributed by atoms with E-state index in [4.69, 9.17) is 25.8 Å². The van der Waals surface area contributed by atoms with E-state index in [0.717, 1.165) is 0 Å². The van der Waals surface area contributed by atoms with Gasteiger partial charge in [0.15, 0.2) is 6.29 Å². The molecule has 0 bridgehead atoms. The van der Waals surface area contributed by atoms with Gasteiger partial charge in [-0.1, -0.05) is 11.6 Å². The van der Waals surface area contributed by atoms with E-state index in [2.05, 4.69) is 0 Å². The minimum Gasteiger partial charge on any atom is -0.486 e. The van der Waals surface area contributed by atoms with Crippen molar-refractivity contribution < 1.29 is 33.1 Å². The van der Waals surface area contributed by atoms with E-state index in [0.29, 0.717) is 26.1 Å². The maximum Gasteiger partial charge on any atom is 0.509 e. The third-order valence-corrected chi connectivity index (χ3v) is 5.54. The number of rotatable bonds is 7. The van der Waals surface area contributed by atoms with Gasteiger partial charge in [-0.15, -0.1) is 0 Å². The number of carbonyl (C=O) groups is 2. The largest absolute Gasteiger partial charge is 0.509 e. The van der Waals surface area contributed by atoms with Crippen LogP contribution in [0.25, 0.3) is 0 Å². The Kier molecular flexibility index (Phi) is 6.88. The van der Waals surface area contributed by atoms with Crippen LogP contribution in [0.4, 0.5) is 0 Å². The van der Waals surface area contributed by atoms with Crippen LogP contribution in [-0.4, -0.2) is 42.8 Å². The van der Waals surface area contributed by atoms with E-state index in [9.17, 15) is 18.9 Å². The molecule has 3 rings (SSSR count). The minimum atomic E-state index is -1.37. The van der Waals surface area contributed by atoms with Crippen LogP contribution in [0.1, 0.15) is 37.4 Å². The van der Waals surface area contributed by atoms with Gasteiger partial charge in [0, 0.05) is 35.1 Å². The van der Waals surface area contributed by atoms with Gasteiger partial charge >= 0.3 is 16.6 Å². The van der Waals surface area contributed by atoms with Crippen LogP contribution in [0, 0.1) is 5.92 Å². The van der Waals surface area contributed by atoms with Crippen molar-refractivity contribution in [2.24, 2.45) is 5.92 Å². The van der Waals surface area contributed by atoms with Gasteiger partial charge in [0.1, 0.15) is 17.5 Å². The summed E-state index contributed by atoms with van der Waals surface area (Å²) in [5.74, 6) is -1.60. The van der Waals surface area contributed by atoms with Crippen molar-refractivity contribution in [1.82, 2.24) is 0 Å². The van der Waals surface area contributed by atoms with Crippen molar-refractivity contribution in [3.05, 3.63) is 22.7 Å². The smallest absolute Gasteiger partial charge is 0.486 e. The van der Waals surface area contributed by atoms with Gasteiger partial charge in [-0.2, -0.15) is 0 Å². The number of benzene rings is 1. The first-order chi connectivity index (χ1) is 13.0. The summed E-state index contributed by atoms with van der Waals surface area (Å²) in [7, 11) is 0. The number of carbonyl (C=O) groups excluding carboxylic acids is 2. The molecule has 1 unspecified atom stereocenters. The van der Waals surface area contributed by atoms with Crippen LogP contribution >= 0.6 is 11.6 Å². The maximum atomic E-state index is 12.1. The fourth-order valence-electron chi connectivity index (χ4n) is 3.27. The van der Waals surface area contributed by atoms with Crippen LogP contribution < -0.4 is 4.74 Å². The lowest BCUT2D eigenvalue weighted by Gasteiger charge is -2.25. The molecule has 1 aliphatic heterocycles. The first kappa shape index (κ1) is 20.3. The Bertz CT molecular complexity index is 717. The van der Waals surface area contributed by atoms with Crippen molar-refractivity contribution in [3.8, 4) is 5.75 Å². The van der Waals surface area contributed by atoms with Gasteiger partial charge in [-0.05, 0) is 12.5 Å². The Balaban J connectivity index is 1.80. The van der Waals surface area contributed by atoms with Gasteiger partial charge in [0.2, 0.25) is 5.75 Å². The zero-order valence-corrected chi connectivity index (χ0v) is 16.1. The predicted octanol–water partition coefficient (Wildman–Crippen LogP) is 2.24. The van der Waals surface area contributed by atoms with Gasteiger partial charge in [-0.25, -0.2) is 0 Å². The molecule has 2 aliphatic rings. The Morgan fingerprint density at radius 3 is 2.52 bits per heavy atom. The molecular formula is C18H20ClO7S+. The molecular weight excluding hydrogens is 396 g/mol. The molecule has 0 amide bonds. The first-order valence-electron chi connectivity index (χ1n) is 8.74. The van der Waals surface area contributed by atoms with Gasteiger partial charge < -0.3 is 19.3 Å². The highest BCUT2D eigenvalue weighted by molar-refractivity contribution is 7.65. The molecule has 1 N–H and O–H groups in total. The van der Waals surface area contributed by atoms with Crippen molar-refractivity contribution in [2.45, 2.75) is 43.0 Å². The zero-order chi connectivity index (χ0) is 19.4. The topological polar surface area (TPSA) is 99.1 Å². The molecule has 2 fully saturated rings. The summed E-state index contributed by atoms with van der Waals surface area (Å²) in [6.45, 7) is 1.25. The van der Waals surface area contributed by atoms with Crippen LogP contribution in [0.3, 0.4) is 0 Å². The van der Waals surface area contributed by atoms with Crippen molar-refractivity contribution >= 4 is 34.8 Å². The van der Waals surface area contributed by atoms with Crippen molar-refractivity contribution in [1.29, 1.82) is 0 Å². The van der Waals surface area contributed by atoms with Crippen LogP contribution in [0.15, 0.2) is 17.0 Å². The highest BCUT2D eigenvalue weighted by Crippen LogP contribution is 2.40. The minimum absolute atomic E-state index is 0.0304. The maximum absolute atomic E-state index is 12.1. The molecule has 0 aromatic heterocycles. The molecule has 1 atom stereocenters. The Hall–Kier alpha value is -1.45. The predicted molar refractivity (Wildman–Crippen MR) is 95.9 cm³/mol. The lowest BCUT2D eigenvalue weighted by atomic mass is 9.80. The SMILES string of the molecule is O=[S+]c1ccc(C(O)C2C(=O)CCCC2=O)c(Cl)c1OCCC1OCCO1. The number of Topliss-reactive ketones (excluding diaryl/α,β-unsaturated/α-hetero) is 2. The molecule has 1 heterocycles. The van der Waals surface area contributed by atoms with E-state index < -0.39 is 12.0 Å². The average Bonchev–Trinajstić information content (AvgIpc) is 3.16. The summed E-state index contributed by atoms with van der Waals surface area (Å²) in [6.07, 6.45) is -0.272. The monoisotopic (exact) mass is 415 g/mol. The molecule has 1 aliphatic carbocycles. The average molecular weight is 416 g/mol. The molecule has 1 saturated heterocycles. The Morgan fingerprint density at radius 1 is 1.22 bits per heavy atom. The van der Waals surface area contributed by atoms with Crippen molar-refractivity contribution in [3.63, 3.8) is 0 Å². The van der Waals surface area contributed by atoms with E-state index >= 15 is 0 Å². The zero-order valence-electron chi connectivity index (χ0n) is 14.5. The summed E-state index contributed by atoms with van der Waals surface area (Å²) in [6, 6.07) is 2.93. The van der Waals surface area contributed by atoms with E-state index in [1.165, 1.54) is 12.1 Å². The van der Waals surface area contributed by atoms with Crippen LogP contribution in [-0.2, 0) is 34.9 Å². The molecule has 146 valence electrons. The summed E-state index contributed by atoms with van der Waals surface area (Å²) < 4.78 is 27.7. The second-order valence-electron chi connectivity index (χ2n) is 6.40. The molecule has 0 spiro atoms. The second-order valence-corrected chi connectivity index (χ2v) is 7.38. The fraction of sp³-hybridized carbons (Fsp3) is 0.556. The number of halogens is 1. The number of ether oxygens (including phenoxy) is 3. The van der Waals surface area contributed by atoms with E-state index in [1.807, 2.05) is 0 Å². The second kappa shape index (κ2) is 9.16. The molecule has 0 radical (unpaired) electrons. The molecule has 27 heavy (non-hydrogen) atoms. The van der Waals surface area contributed by atoms with Crippen LogP contribution in [0.5, 0.6) is 5.75 Å². The summed E-state index contributed by atoms with van der Waals surface area (Å²) in [5, 5.41) is 10.7. The quantitative estimate of drug-likeness (QED) is 0.538. The highest BCUT2D eigenvalue weighted by Gasteiger charge is 2.38. The van der Waals surface area contributed by atoms with Gasteiger partial charge in [-0.3, -0.25) is 9.59 Å². The number of hydrogen-bond acceptors (Lipinski definition) is 7. The number of aliphatic hydroxyl groups is 1. The van der Waals surface area contributed by atoms with Gasteiger partial charge in [0.05, 0.1) is 30.9 Å². The molecule has 7 nitrogen and oxygen atoms in total. The summed E-state index contributed by atoms with van der Waals surface area (Å²) in [4.78, 5) is 24.5. The van der Waals surface area contributed by atoms with E-state index in [1.54, 1.807) is 0 Å². The fourth-order valence-corrected chi connectivity index (χ4v) is 4.02. The standard InChI is InChI=1S/C18H20ClO7S/c19-16-10(17(22)15-11(20)2-1-3-12(15)21)4-5-13(27-23)18(16)26-7-6-14-24-8-9-25-14/h4-5,14-15,17,22H,1-3,6-9H2/q+1. The summed E-state index contributed by atoms with van der Waals surface area (Å²) in [5.41, 5.74) is 0.200. The van der Waals surface area contributed by atoms with Crippen LogP contribution in [0.2, 0.25) is 5.02 Å². The third-order valence-electron chi connectivity index (χ3n) is 4.65. The molecule has 1 aromatic rings. The number of aliphatic hydroxyl groups excluding tert-OH is 1. The Morgan fingerprint density at radius 2 is 1.89 bits per heavy atom. The summed E-state index contributed by atoms with van der Waals surface area (Å²) >= 11 is 6.59. The third kappa shape index (κ3) is 4.52. The van der Waals surface area contributed by atoms with Crippen molar-refractivity contribution in [2.75, 3.05) is 19.8 Å². The van der Waals surface area contributed by atoms with Gasteiger partial charge in [0.25, 0.3) is 0 Å². The molecule has 1 aromatic carbocycles. The molecule has 9 heteroatoms. The number of ketones is 2.